The summed E-state index contributed by atoms with van der Waals surface area (Å²) in [7, 11) is 0. The van der Waals surface area contributed by atoms with Crippen LogP contribution in [-0.4, -0.2) is 16.2 Å². The molecule has 4 nitrogen and oxygen atoms in total. The van der Waals surface area contributed by atoms with Crippen LogP contribution in [0.5, 0.6) is 0 Å². The maximum Gasteiger partial charge on any atom is 0.213 e. The highest BCUT2D eigenvalue weighted by Gasteiger charge is 2.19. The molecule has 0 bridgehead atoms. The first-order chi connectivity index (χ1) is 8.90. The summed E-state index contributed by atoms with van der Waals surface area (Å²) in [5, 5.41) is 7.30. The Morgan fingerprint density at radius 3 is 2.78 bits per heavy atom. The minimum absolute atomic E-state index is 0.736. The van der Waals surface area contributed by atoms with E-state index < -0.39 is 0 Å². The second-order valence-electron chi connectivity index (χ2n) is 4.44. The average molecular weight is 261 g/mol. The maximum atomic E-state index is 4.70. The van der Waals surface area contributed by atoms with Gasteiger partial charge >= 0.3 is 0 Å². The number of benzene rings is 1. The van der Waals surface area contributed by atoms with Crippen LogP contribution < -0.4 is 5.32 Å². The van der Waals surface area contributed by atoms with Crippen molar-refractivity contribution in [1.82, 2.24) is 15.5 Å². The molecule has 5 heteroatoms. The molecular weight excluding hydrogens is 246 g/mol. The zero-order valence-electron chi connectivity index (χ0n) is 10.0. The highest BCUT2D eigenvalue weighted by Crippen LogP contribution is 2.22. The topological polar surface area (TPSA) is 51.0 Å². The van der Waals surface area contributed by atoms with Gasteiger partial charge < -0.3 is 9.84 Å². The Kier molecular flexibility index (Phi) is 3.61. The SMILES string of the molecule is c1nc(CSc2ccc(CNC3CC3)cc2)no1. The summed E-state index contributed by atoms with van der Waals surface area (Å²) in [5.74, 6) is 1.48. The predicted molar refractivity (Wildman–Crippen MR) is 70.2 cm³/mol. The number of hydrogen-bond acceptors (Lipinski definition) is 5. The van der Waals surface area contributed by atoms with E-state index in [1.54, 1.807) is 11.8 Å². The Labute approximate surface area is 110 Å². The molecule has 3 rings (SSSR count). The summed E-state index contributed by atoms with van der Waals surface area (Å²) in [6.45, 7) is 0.973. The van der Waals surface area contributed by atoms with Gasteiger partial charge in [0.05, 0.1) is 5.75 Å². The van der Waals surface area contributed by atoms with E-state index >= 15 is 0 Å². The molecule has 1 heterocycles. The minimum atomic E-state index is 0.736. The first kappa shape index (κ1) is 11.7. The fraction of sp³-hybridized carbons (Fsp3) is 0.385. The van der Waals surface area contributed by atoms with E-state index in [1.807, 2.05) is 0 Å². The fourth-order valence-electron chi connectivity index (χ4n) is 1.66. The van der Waals surface area contributed by atoms with Crippen LogP contribution in [0.25, 0.3) is 0 Å². The number of nitrogens with one attached hydrogen (secondary N) is 1. The number of thioether (sulfide) groups is 1. The molecule has 0 aliphatic heterocycles. The van der Waals surface area contributed by atoms with Crippen LogP contribution in [-0.2, 0) is 12.3 Å². The second kappa shape index (κ2) is 5.54. The monoisotopic (exact) mass is 261 g/mol. The molecule has 0 atom stereocenters. The van der Waals surface area contributed by atoms with E-state index in [1.165, 1.54) is 29.7 Å². The average Bonchev–Trinajstić information content (AvgIpc) is 3.09. The molecule has 1 aliphatic carbocycles. The van der Waals surface area contributed by atoms with Gasteiger partial charge in [0.2, 0.25) is 6.39 Å². The Morgan fingerprint density at radius 1 is 1.28 bits per heavy atom. The van der Waals surface area contributed by atoms with Crippen molar-refractivity contribution in [2.45, 2.75) is 36.1 Å². The Bertz CT molecular complexity index is 479. The molecule has 1 aromatic carbocycles. The van der Waals surface area contributed by atoms with E-state index in [2.05, 4.69) is 39.7 Å². The molecule has 1 saturated carbocycles. The molecule has 2 aromatic rings. The summed E-state index contributed by atoms with van der Waals surface area (Å²) in [6, 6.07) is 9.41. The van der Waals surface area contributed by atoms with Gasteiger partial charge in [0, 0.05) is 17.5 Å². The van der Waals surface area contributed by atoms with Crippen molar-refractivity contribution in [2.75, 3.05) is 0 Å². The van der Waals surface area contributed by atoms with E-state index in [0.717, 1.165) is 24.2 Å². The van der Waals surface area contributed by atoms with Gasteiger partial charge in [-0.3, -0.25) is 0 Å². The van der Waals surface area contributed by atoms with E-state index in [9.17, 15) is 0 Å². The normalized spacial score (nSPS) is 14.9. The van der Waals surface area contributed by atoms with Crippen LogP contribution in [0.4, 0.5) is 0 Å². The number of aromatic nitrogens is 2. The van der Waals surface area contributed by atoms with Gasteiger partial charge in [-0.25, -0.2) is 0 Å². The van der Waals surface area contributed by atoms with Crippen molar-refractivity contribution in [3.63, 3.8) is 0 Å². The molecule has 94 valence electrons. The highest BCUT2D eigenvalue weighted by atomic mass is 32.2. The predicted octanol–water partition coefficient (Wildman–Crippen LogP) is 2.61. The molecule has 18 heavy (non-hydrogen) atoms. The van der Waals surface area contributed by atoms with Crippen molar-refractivity contribution < 1.29 is 4.52 Å². The van der Waals surface area contributed by atoms with E-state index in [-0.39, 0.29) is 0 Å². The van der Waals surface area contributed by atoms with E-state index in [0.29, 0.717) is 0 Å². The zero-order valence-corrected chi connectivity index (χ0v) is 10.8. The lowest BCUT2D eigenvalue weighted by Gasteiger charge is -2.04. The lowest BCUT2D eigenvalue weighted by molar-refractivity contribution is 0.412. The van der Waals surface area contributed by atoms with Crippen LogP contribution in [0.3, 0.4) is 0 Å². The molecule has 0 unspecified atom stereocenters. The van der Waals surface area contributed by atoms with Crippen molar-refractivity contribution in [3.05, 3.63) is 42.0 Å². The summed E-state index contributed by atoms with van der Waals surface area (Å²) < 4.78 is 4.70. The largest absolute Gasteiger partial charge is 0.343 e. The molecule has 1 aliphatic rings. The number of hydrogen-bond donors (Lipinski definition) is 1. The number of nitrogens with zero attached hydrogens (tertiary/aromatic N) is 2. The standard InChI is InChI=1S/C13H15N3OS/c1-5-12(18-8-13-15-9-17-16-13)6-2-10(1)7-14-11-3-4-11/h1-2,5-6,9,11,14H,3-4,7-8H2. The van der Waals surface area contributed by atoms with Crippen molar-refractivity contribution in [3.8, 4) is 0 Å². The van der Waals surface area contributed by atoms with Crippen molar-refractivity contribution in [1.29, 1.82) is 0 Å². The molecular formula is C13H15N3OS. The van der Waals surface area contributed by atoms with Gasteiger partial charge in [-0.2, -0.15) is 4.98 Å². The molecule has 1 N–H and O–H groups in total. The third kappa shape index (κ3) is 3.34. The molecule has 0 spiro atoms. The Hall–Kier alpha value is -1.33. The first-order valence-corrected chi connectivity index (χ1v) is 7.09. The Balaban J connectivity index is 1.50. The van der Waals surface area contributed by atoms with Crippen LogP contribution in [0.1, 0.15) is 24.2 Å². The van der Waals surface area contributed by atoms with Crippen molar-refractivity contribution in [2.24, 2.45) is 0 Å². The quantitative estimate of drug-likeness (QED) is 0.810. The van der Waals surface area contributed by atoms with Gasteiger partial charge in [-0.15, -0.1) is 11.8 Å². The lowest BCUT2D eigenvalue weighted by atomic mass is 10.2. The summed E-state index contributed by atoms with van der Waals surface area (Å²) in [6.07, 6.45) is 4.03. The second-order valence-corrected chi connectivity index (χ2v) is 5.48. The van der Waals surface area contributed by atoms with Gasteiger partial charge in [0.1, 0.15) is 0 Å². The van der Waals surface area contributed by atoms with Crippen molar-refractivity contribution >= 4 is 11.8 Å². The van der Waals surface area contributed by atoms with Crippen LogP contribution in [0.2, 0.25) is 0 Å². The maximum absolute atomic E-state index is 4.70. The summed E-state index contributed by atoms with van der Waals surface area (Å²) in [5.41, 5.74) is 1.34. The Morgan fingerprint density at radius 2 is 2.11 bits per heavy atom. The summed E-state index contributed by atoms with van der Waals surface area (Å²) >= 11 is 1.72. The van der Waals surface area contributed by atoms with Gasteiger partial charge in [0.25, 0.3) is 0 Å². The molecule has 0 amide bonds. The smallest absolute Gasteiger partial charge is 0.213 e. The fourth-order valence-corrected chi connectivity index (χ4v) is 2.41. The molecule has 0 saturated heterocycles. The molecule has 0 radical (unpaired) electrons. The molecule has 1 aromatic heterocycles. The van der Waals surface area contributed by atoms with E-state index in [4.69, 9.17) is 4.52 Å². The first-order valence-electron chi connectivity index (χ1n) is 6.10. The number of rotatable bonds is 6. The third-order valence-electron chi connectivity index (χ3n) is 2.87. The van der Waals surface area contributed by atoms with Crippen LogP contribution in [0, 0.1) is 0 Å². The van der Waals surface area contributed by atoms with Gasteiger partial charge in [-0.05, 0) is 30.5 Å². The molecule has 1 fully saturated rings. The lowest BCUT2D eigenvalue weighted by Crippen LogP contribution is -2.14. The minimum Gasteiger partial charge on any atom is -0.343 e. The van der Waals surface area contributed by atoms with Crippen LogP contribution >= 0.6 is 11.8 Å². The van der Waals surface area contributed by atoms with Crippen LogP contribution in [0.15, 0.2) is 40.1 Å². The van der Waals surface area contributed by atoms with Gasteiger partial charge in [-0.1, -0.05) is 17.3 Å². The van der Waals surface area contributed by atoms with Gasteiger partial charge in [0.15, 0.2) is 5.82 Å². The zero-order chi connectivity index (χ0) is 12.2. The summed E-state index contributed by atoms with van der Waals surface area (Å²) in [4.78, 5) is 5.23. The highest BCUT2D eigenvalue weighted by molar-refractivity contribution is 7.98. The third-order valence-corrected chi connectivity index (χ3v) is 3.88.